The van der Waals surface area contributed by atoms with Gasteiger partial charge in [-0.15, -0.1) is 0 Å². The highest BCUT2D eigenvalue weighted by atomic mass is 19.3. The molecule has 34 heavy (non-hydrogen) atoms. The molecule has 4 rings (SSSR count). The average molecular weight is 478 g/mol. The van der Waals surface area contributed by atoms with Crippen LogP contribution >= 0.6 is 0 Å². The molecule has 0 unspecified atom stereocenters. The fourth-order valence-corrected chi connectivity index (χ4v) is 4.05. The number of nitrogens with zero attached hydrogens (tertiary/aromatic N) is 4. The van der Waals surface area contributed by atoms with E-state index in [0.29, 0.717) is 26.2 Å². The highest BCUT2D eigenvalue weighted by Crippen LogP contribution is 2.32. The monoisotopic (exact) mass is 478 g/mol. The molecule has 180 valence electrons. The number of aryl methyl sites for hydroxylation is 1. The van der Waals surface area contributed by atoms with Crippen molar-refractivity contribution in [2.24, 2.45) is 0 Å². The van der Waals surface area contributed by atoms with Crippen LogP contribution in [0.2, 0.25) is 0 Å². The van der Waals surface area contributed by atoms with Crippen molar-refractivity contribution in [2.75, 3.05) is 38.1 Å². The molecule has 1 aliphatic rings. The molecule has 1 fully saturated rings. The molecule has 1 saturated heterocycles. The SMILES string of the molecule is CNC(=O)c1ccc(N2CCN(Cc3cc(F)c4nc(C)c(=O)[nH]c4c3C(F)F)CC2)c(F)n1. The van der Waals surface area contributed by atoms with Gasteiger partial charge in [-0.25, -0.2) is 23.1 Å². The van der Waals surface area contributed by atoms with Gasteiger partial charge in [0.15, 0.2) is 5.82 Å². The molecule has 2 aromatic heterocycles. The largest absolute Gasteiger partial charge is 0.365 e. The maximum absolute atomic E-state index is 14.7. The minimum atomic E-state index is -2.95. The van der Waals surface area contributed by atoms with Gasteiger partial charge < -0.3 is 15.2 Å². The minimum absolute atomic E-state index is 0.0134. The zero-order chi connectivity index (χ0) is 24.6. The first-order chi connectivity index (χ1) is 16.2. The van der Waals surface area contributed by atoms with Gasteiger partial charge in [-0.3, -0.25) is 14.5 Å². The Morgan fingerprint density at radius 3 is 2.50 bits per heavy atom. The molecule has 2 N–H and O–H groups in total. The van der Waals surface area contributed by atoms with Crippen LogP contribution in [0.25, 0.3) is 11.0 Å². The predicted molar refractivity (Wildman–Crippen MR) is 117 cm³/mol. The van der Waals surface area contributed by atoms with E-state index in [1.54, 1.807) is 4.90 Å². The van der Waals surface area contributed by atoms with E-state index in [4.69, 9.17) is 0 Å². The molecule has 0 radical (unpaired) electrons. The van der Waals surface area contributed by atoms with Gasteiger partial charge in [-0.1, -0.05) is 0 Å². The van der Waals surface area contributed by atoms with E-state index in [-0.39, 0.29) is 40.2 Å². The van der Waals surface area contributed by atoms with E-state index in [1.165, 1.54) is 26.1 Å². The van der Waals surface area contributed by atoms with Gasteiger partial charge in [0, 0.05) is 45.3 Å². The molecule has 0 bridgehead atoms. The number of aromatic nitrogens is 3. The summed E-state index contributed by atoms with van der Waals surface area (Å²) < 4.78 is 57.0. The molecular weight excluding hydrogens is 456 g/mol. The van der Waals surface area contributed by atoms with Crippen LogP contribution in [-0.2, 0) is 6.54 Å². The number of amides is 1. The highest BCUT2D eigenvalue weighted by molar-refractivity contribution is 5.92. The second-order valence-corrected chi connectivity index (χ2v) is 7.96. The maximum Gasteiger partial charge on any atom is 0.269 e. The van der Waals surface area contributed by atoms with E-state index in [0.717, 1.165) is 6.07 Å². The minimum Gasteiger partial charge on any atom is -0.365 e. The van der Waals surface area contributed by atoms with Crippen LogP contribution in [0.3, 0.4) is 0 Å². The van der Waals surface area contributed by atoms with Crippen LogP contribution in [0.15, 0.2) is 23.0 Å². The summed E-state index contributed by atoms with van der Waals surface area (Å²) in [4.78, 5) is 37.0. The molecule has 0 saturated carbocycles. The predicted octanol–water partition coefficient (Wildman–Crippen LogP) is 2.52. The van der Waals surface area contributed by atoms with E-state index in [9.17, 15) is 27.2 Å². The Morgan fingerprint density at radius 1 is 1.18 bits per heavy atom. The molecule has 0 atom stereocenters. The second-order valence-electron chi connectivity index (χ2n) is 7.96. The number of anilines is 1. The summed E-state index contributed by atoms with van der Waals surface area (Å²) in [5, 5.41) is 2.38. The summed E-state index contributed by atoms with van der Waals surface area (Å²) in [5.74, 6) is -2.07. The number of benzene rings is 1. The lowest BCUT2D eigenvalue weighted by Crippen LogP contribution is -2.46. The Kier molecular flexibility index (Phi) is 6.51. The number of carbonyl (C=O) groups is 1. The lowest BCUT2D eigenvalue weighted by atomic mass is 10.0. The number of pyridine rings is 1. The number of aromatic amines is 1. The summed E-state index contributed by atoms with van der Waals surface area (Å²) in [7, 11) is 1.42. The van der Waals surface area contributed by atoms with Gasteiger partial charge in [0.2, 0.25) is 5.95 Å². The van der Waals surface area contributed by atoms with Crippen LogP contribution in [-0.4, -0.2) is 59.0 Å². The van der Waals surface area contributed by atoms with Gasteiger partial charge in [-0.05, 0) is 30.7 Å². The van der Waals surface area contributed by atoms with Gasteiger partial charge in [0.05, 0.1) is 11.2 Å². The van der Waals surface area contributed by atoms with Crippen LogP contribution in [0.1, 0.15) is 33.7 Å². The van der Waals surface area contributed by atoms with Gasteiger partial charge >= 0.3 is 0 Å². The fraction of sp³-hybridized carbons (Fsp3) is 0.364. The molecular formula is C22H22F4N6O2. The van der Waals surface area contributed by atoms with Gasteiger partial charge in [0.1, 0.15) is 16.9 Å². The van der Waals surface area contributed by atoms with Gasteiger partial charge in [0.25, 0.3) is 17.9 Å². The smallest absolute Gasteiger partial charge is 0.269 e. The summed E-state index contributed by atoms with van der Waals surface area (Å²) in [6, 6.07) is 3.93. The molecule has 0 aliphatic carbocycles. The zero-order valence-electron chi connectivity index (χ0n) is 18.5. The third-order valence-corrected chi connectivity index (χ3v) is 5.84. The lowest BCUT2D eigenvalue weighted by molar-refractivity contribution is 0.0957. The number of hydrogen-bond acceptors (Lipinski definition) is 6. The third kappa shape index (κ3) is 4.45. The molecule has 3 aromatic rings. The quantitative estimate of drug-likeness (QED) is 0.433. The number of fused-ring (bicyclic) bond motifs is 1. The number of piperazine rings is 1. The highest BCUT2D eigenvalue weighted by Gasteiger charge is 2.26. The van der Waals surface area contributed by atoms with Crippen molar-refractivity contribution >= 4 is 22.6 Å². The standard InChI is InChI=1S/C22H22F4N6O2/c1-11-21(33)30-18-16(19(24)25)12(9-13(23)17(18)28-11)10-31-5-7-32(8-6-31)15-4-3-14(22(34)27-2)29-20(15)26/h3-4,9,19H,5-8,10H2,1-2H3,(H,27,34)(H,30,33). The molecule has 8 nitrogen and oxygen atoms in total. The number of H-pyrrole nitrogens is 1. The molecule has 0 spiro atoms. The second kappa shape index (κ2) is 9.37. The molecule has 3 heterocycles. The zero-order valence-corrected chi connectivity index (χ0v) is 18.5. The summed E-state index contributed by atoms with van der Waals surface area (Å²) in [6.07, 6.45) is -2.95. The Bertz CT molecular complexity index is 1300. The Labute approximate surface area is 191 Å². The van der Waals surface area contributed by atoms with Crippen LogP contribution in [0.5, 0.6) is 0 Å². The van der Waals surface area contributed by atoms with Crippen LogP contribution in [0.4, 0.5) is 23.2 Å². The Morgan fingerprint density at radius 2 is 1.88 bits per heavy atom. The first kappa shape index (κ1) is 23.6. The average Bonchev–Trinajstić information content (AvgIpc) is 2.80. The molecule has 12 heteroatoms. The molecule has 1 amide bonds. The number of carbonyl (C=O) groups excluding carboxylic acids is 1. The van der Waals surface area contributed by atoms with Crippen LogP contribution in [0, 0.1) is 18.7 Å². The van der Waals surface area contributed by atoms with Crippen molar-refractivity contribution in [3.05, 3.63) is 62.8 Å². The maximum atomic E-state index is 14.7. The number of alkyl halides is 2. The molecule has 1 aromatic carbocycles. The normalized spacial score (nSPS) is 14.7. The van der Waals surface area contributed by atoms with Crippen molar-refractivity contribution in [1.29, 1.82) is 0 Å². The first-order valence-corrected chi connectivity index (χ1v) is 10.6. The third-order valence-electron chi connectivity index (χ3n) is 5.84. The summed E-state index contributed by atoms with van der Waals surface area (Å²) in [6.45, 7) is 2.92. The number of rotatable bonds is 5. The Hall–Kier alpha value is -3.54. The van der Waals surface area contributed by atoms with E-state index in [2.05, 4.69) is 20.3 Å². The van der Waals surface area contributed by atoms with Crippen molar-refractivity contribution in [3.8, 4) is 0 Å². The van der Waals surface area contributed by atoms with Crippen molar-refractivity contribution in [1.82, 2.24) is 25.2 Å². The summed E-state index contributed by atoms with van der Waals surface area (Å²) in [5.41, 5.74) is -1.48. The van der Waals surface area contributed by atoms with E-state index in [1.807, 2.05) is 4.90 Å². The molecule has 1 aliphatic heterocycles. The van der Waals surface area contributed by atoms with Crippen LogP contribution < -0.4 is 15.8 Å². The van der Waals surface area contributed by atoms with Crippen molar-refractivity contribution in [3.63, 3.8) is 0 Å². The lowest BCUT2D eigenvalue weighted by Gasteiger charge is -2.36. The van der Waals surface area contributed by atoms with E-state index >= 15 is 0 Å². The number of hydrogen-bond donors (Lipinski definition) is 2. The fourth-order valence-electron chi connectivity index (χ4n) is 4.05. The van der Waals surface area contributed by atoms with E-state index < -0.39 is 35.2 Å². The topological polar surface area (TPSA) is 94.2 Å². The van der Waals surface area contributed by atoms with Crippen molar-refractivity contribution in [2.45, 2.75) is 19.9 Å². The number of halogens is 4. The van der Waals surface area contributed by atoms with Crippen molar-refractivity contribution < 1.29 is 22.4 Å². The first-order valence-electron chi connectivity index (χ1n) is 10.6. The van der Waals surface area contributed by atoms with Gasteiger partial charge in [-0.2, -0.15) is 4.39 Å². The summed E-state index contributed by atoms with van der Waals surface area (Å²) >= 11 is 0. The number of nitrogens with one attached hydrogen (secondary N) is 2. The Balaban J connectivity index is 1.54.